The van der Waals surface area contributed by atoms with Crippen molar-refractivity contribution >= 4 is 12.2 Å². The zero-order chi connectivity index (χ0) is 15.3. The Kier molecular flexibility index (Phi) is 5.43. The molecular weight excluding hydrogens is 272 g/mol. The van der Waals surface area contributed by atoms with E-state index in [-0.39, 0.29) is 29.8 Å². The first kappa shape index (κ1) is 16.1. The minimum atomic E-state index is -0.112. The maximum absolute atomic E-state index is 10.2. The van der Waals surface area contributed by atoms with Crippen molar-refractivity contribution in [1.82, 2.24) is 0 Å². The normalized spacial score (nSPS) is 32.5. The Hall–Kier alpha value is -1.32. The van der Waals surface area contributed by atoms with Gasteiger partial charge in [-0.3, -0.25) is 0 Å². The van der Waals surface area contributed by atoms with Crippen molar-refractivity contribution in [3.05, 3.63) is 0 Å². The van der Waals surface area contributed by atoms with E-state index in [1.165, 1.54) is 0 Å². The van der Waals surface area contributed by atoms with Crippen molar-refractivity contribution in [2.24, 2.45) is 15.4 Å². The van der Waals surface area contributed by atoms with Gasteiger partial charge in [-0.05, 0) is 25.7 Å². The van der Waals surface area contributed by atoms with Crippen molar-refractivity contribution in [2.75, 3.05) is 13.1 Å². The fourth-order valence-electron chi connectivity index (χ4n) is 3.26. The van der Waals surface area contributed by atoms with Gasteiger partial charge in [0.1, 0.15) is 0 Å². The molecule has 0 bridgehead atoms. The molecule has 2 aliphatic rings. The number of carbonyl (C=O) groups excluding carboxylic acids is 2. The summed E-state index contributed by atoms with van der Waals surface area (Å²) in [6.07, 6.45) is 7.04. The highest BCUT2D eigenvalue weighted by Gasteiger charge is 2.45. The second kappa shape index (κ2) is 7.10. The SMILES string of the molecule is CC(C)(C1CCC(CN=C=O)O1)C1CCC(CN=C=O)O1. The van der Waals surface area contributed by atoms with E-state index in [0.717, 1.165) is 25.7 Å². The van der Waals surface area contributed by atoms with Gasteiger partial charge in [0.25, 0.3) is 0 Å². The number of isocyanates is 2. The van der Waals surface area contributed by atoms with E-state index in [1.54, 1.807) is 12.2 Å². The first-order chi connectivity index (χ1) is 10.1. The molecule has 0 spiro atoms. The maximum atomic E-state index is 10.2. The average Bonchev–Trinajstić information content (AvgIpc) is 3.12. The van der Waals surface area contributed by atoms with E-state index < -0.39 is 0 Å². The molecule has 0 aromatic heterocycles. The van der Waals surface area contributed by atoms with E-state index in [4.69, 9.17) is 9.47 Å². The van der Waals surface area contributed by atoms with Crippen LogP contribution in [0.1, 0.15) is 39.5 Å². The van der Waals surface area contributed by atoms with Crippen molar-refractivity contribution in [3.8, 4) is 0 Å². The molecule has 4 atom stereocenters. The van der Waals surface area contributed by atoms with Gasteiger partial charge in [-0.15, -0.1) is 0 Å². The molecule has 6 nitrogen and oxygen atoms in total. The number of rotatable bonds is 6. The molecule has 0 N–H and O–H groups in total. The van der Waals surface area contributed by atoms with Crippen LogP contribution in [0.25, 0.3) is 0 Å². The van der Waals surface area contributed by atoms with Gasteiger partial charge in [-0.25, -0.2) is 19.6 Å². The lowest BCUT2D eigenvalue weighted by atomic mass is 9.78. The predicted octanol–water partition coefficient (Wildman–Crippen LogP) is 1.78. The lowest BCUT2D eigenvalue weighted by Gasteiger charge is -2.36. The quantitative estimate of drug-likeness (QED) is 0.552. The number of nitrogens with zero attached hydrogens (tertiary/aromatic N) is 2. The Morgan fingerprint density at radius 3 is 1.71 bits per heavy atom. The maximum Gasteiger partial charge on any atom is 0.235 e. The summed E-state index contributed by atoms with van der Waals surface area (Å²) in [5.74, 6) is 0. The van der Waals surface area contributed by atoms with Crippen LogP contribution in [0.2, 0.25) is 0 Å². The van der Waals surface area contributed by atoms with E-state index in [2.05, 4.69) is 23.8 Å². The van der Waals surface area contributed by atoms with Crippen molar-refractivity contribution < 1.29 is 19.1 Å². The molecule has 0 aromatic rings. The molecule has 0 amide bonds. The van der Waals surface area contributed by atoms with Gasteiger partial charge in [0.2, 0.25) is 12.2 Å². The van der Waals surface area contributed by atoms with Crippen LogP contribution in [-0.2, 0) is 19.1 Å². The molecule has 2 rings (SSSR count). The Morgan fingerprint density at radius 2 is 1.33 bits per heavy atom. The second-order valence-corrected chi connectivity index (χ2v) is 6.33. The lowest BCUT2D eigenvalue weighted by Crippen LogP contribution is -2.41. The van der Waals surface area contributed by atoms with Crippen molar-refractivity contribution in [1.29, 1.82) is 0 Å². The topological polar surface area (TPSA) is 77.3 Å². The molecule has 2 fully saturated rings. The third kappa shape index (κ3) is 3.86. The van der Waals surface area contributed by atoms with Gasteiger partial charge < -0.3 is 9.47 Å². The number of aliphatic imine (C=N–C) groups is 2. The van der Waals surface area contributed by atoms with E-state index in [1.807, 2.05) is 0 Å². The van der Waals surface area contributed by atoms with Crippen LogP contribution in [0.15, 0.2) is 9.98 Å². The monoisotopic (exact) mass is 294 g/mol. The molecule has 2 aliphatic heterocycles. The van der Waals surface area contributed by atoms with E-state index in [0.29, 0.717) is 13.1 Å². The fraction of sp³-hybridized carbons (Fsp3) is 0.867. The zero-order valence-corrected chi connectivity index (χ0v) is 12.6. The summed E-state index contributed by atoms with van der Waals surface area (Å²) >= 11 is 0. The standard InChI is InChI=1S/C15H22N2O4/c1-15(2,13-5-3-11(20-13)7-16-9-18)14-6-4-12(21-14)8-17-10-19/h11-14H,3-8H2,1-2H3. The highest BCUT2D eigenvalue weighted by atomic mass is 16.5. The number of ether oxygens (including phenoxy) is 2. The third-order valence-electron chi connectivity index (χ3n) is 4.59. The average molecular weight is 294 g/mol. The molecule has 0 radical (unpaired) electrons. The molecule has 2 heterocycles. The lowest BCUT2D eigenvalue weighted by molar-refractivity contribution is -0.0980. The summed E-state index contributed by atoms with van der Waals surface area (Å²) in [5, 5.41) is 0. The fourth-order valence-corrected chi connectivity index (χ4v) is 3.26. The van der Waals surface area contributed by atoms with Gasteiger partial charge in [-0.2, -0.15) is 0 Å². The van der Waals surface area contributed by atoms with Crippen molar-refractivity contribution in [2.45, 2.75) is 63.9 Å². The summed E-state index contributed by atoms with van der Waals surface area (Å²) in [6, 6.07) is 0. The van der Waals surface area contributed by atoms with E-state index >= 15 is 0 Å². The van der Waals surface area contributed by atoms with Gasteiger partial charge in [-0.1, -0.05) is 13.8 Å². The molecule has 6 heteroatoms. The molecule has 116 valence electrons. The third-order valence-corrected chi connectivity index (χ3v) is 4.59. The summed E-state index contributed by atoms with van der Waals surface area (Å²) in [4.78, 5) is 27.5. The highest BCUT2D eigenvalue weighted by Crippen LogP contribution is 2.42. The molecule has 4 unspecified atom stereocenters. The Morgan fingerprint density at radius 1 is 0.905 bits per heavy atom. The molecule has 21 heavy (non-hydrogen) atoms. The van der Waals surface area contributed by atoms with Crippen LogP contribution >= 0.6 is 0 Å². The van der Waals surface area contributed by atoms with Crippen molar-refractivity contribution in [3.63, 3.8) is 0 Å². The predicted molar refractivity (Wildman–Crippen MR) is 75.5 cm³/mol. The summed E-state index contributed by atoms with van der Waals surface area (Å²) in [5.41, 5.74) is -0.112. The van der Waals surface area contributed by atoms with Crippen LogP contribution in [0.3, 0.4) is 0 Å². The molecule has 2 saturated heterocycles. The smallest absolute Gasteiger partial charge is 0.235 e. The summed E-state index contributed by atoms with van der Waals surface area (Å²) in [6.45, 7) is 5.08. The molecular formula is C15H22N2O4. The molecule has 0 saturated carbocycles. The Bertz CT molecular complexity index is 413. The first-order valence-electron chi connectivity index (χ1n) is 7.46. The van der Waals surface area contributed by atoms with Crippen LogP contribution in [-0.4, -0.2) is 49.7 Å². The van der Waals surface area contributed by atoms with Crippen LogP contribution in [0.4, 0.5) is 0 Å². The van der Waals surface area contributed by atoms with Crippen LogP contribution in [0, 0.1) is 5.41 Å². The minimum absolute atomic E-state index is 0.00703. The summed E-state index contributed by atoms with van der Waals surface area (Å²) in [7, 11) is 0. The number of hydrogen-bond acceptors (Lipinski definition) is 6. The number of hydrogen-bond donors (Lipinski definition) is 0. The zero-order valence-electron chi connectivity index (χ0n) is 12.6. The first-order valence-corrected chi connectivity index (χ1v) is 7.46. The minimum Gasteiger partial charge on any atom is -0.372 e. The molecule has 0 aromatic carbocycles. The molecule has 0 aliphatic carbocycles. The van der Waals surface area contributed by atoms with Crippen LogP contribution in [0.5, 0.6) is 0 Å². The van der Waals surface area contributed by atoms with Gasteiger partial charge in [0.05, 0.1) is 37.5 Å². The Balaban J connectivity index is 1.90. The van der Waals surface area contributed by atoms with Gasteiger partial charge in [0, 0.05) is 5.41 Å². The van der Waals surface area contributed by atoms with Crippen LogP contribution < -0.4 is 0 Å². The largest absolute Gasteiger partial charge is 0.372 e. The van der Waals surface area contributed by atoms with Gasteiger partial charge >= 0.3 is 0 Å². The highest BCUT2D eigenvalue weighted by molar-refractivity contribution is 5.33. The second-order valence-electron chi connectivity index (χ2n) is 6.33. The Labute approximate surface area is 124 Å². The summed E-state index contributed by atoms with van der Waals surface area (Å²) < 4.78 is 12.0. The van der Waals surface area contributed by atoms with Gasteiger partial charge in [0.15, 0.2) is 0 Å². The van der Waals surface area contributed by atoms with E-state index in [9.17, 15) is 9.59 Å².